The third-order valence-electron chi connectivity index (χ3n) is 6.96. The van der Waals surface area contributed by atoms with Gasteiger partial charge in [0.25, 0.3) is 5.91 Å². The fourth-order valence-corrected chi connectivity index (χ4v) is 5.94. The Morgan fingerprint density at radius 2 is 1.64 bits per heavy atom. The first-order valence-corrected chi connectivity index (χ1v) is 14.7. The molecule has 0 atom stereocenters. The number of amidine groups is 1. The van der Waals surface area contributed by atoms with E-state index in [1.165, 1.54) is 17.0 Å². The smallest absolute Gasteiger partial charge is 0.406 e. The average molecular weight is 615 g/mol. The molecule has 1 aromatic heterocycles. The van der Waals surface area contributed by atoms with Crippen LogP contribution in [0.4, 0.5) is 24.5 Å². The molecule has 1 aliphatic heterocycles. The molecule has 4 aromatic carbocycles. The lowest BCUT2D eigenvalue weighted by atomic mass is 10.1. The molecule has 0 unspecified atom stereocenters. The molecule has 0 bridgehead atoms. The molecule has 1 N–H and O–H groups in total. The number of halogens is 3. The molecular weight excluding hydrogens is 589 g/mol. The van der Waals surface area contributed by atoms with Crippen LogP contribution in [0.2, 0.25) is 0 Å². The Morgan fingerprint density at radius 3 is 2.36 bits per heavy atom. The van der Waals surface area contributed by atoms with Gasteiger partial charge in [0.05, 0.1) is 11.4 Å². The number of aromatic nitrogens is 1. The Bertz CT molecular complexity index is 1930. The first kappa shape index (κ1) is 29.1. The molecule has 11 heteroatoms. The van der Waals surface area contributed by atoms with Gasteiger partial charge in [-0.3, -0.25) is 14.5 Å². The SMILES string of the molecule is CCn1c2ccccc2c2cc(/C=C3/N=C(SCC(=O)Nc4ccc(OC(F)(F)F)cc4)N(c4ccccc4)C3=O)ccc21. The molecular formula is C33H25F3N4O3S. The van der Waals surface area contributed by atoms with Crippen LogP contribution in [0.3, 0.4) is 0 Å². The number of nitrogens with zero attached hydrogens (tertiary/aromatic N) is 3. The van der Waals surface area contributed by atoms with Gasteiger partial charge in [-0.2, -0.15) is 0 Å². The summed E-state index contributed by atoms with van der Waals surface area (Å²) in [4.78, 5) is 32.5. The Kier molecular flexibility index (Phi) is 7.88. The summed E-state index contributed by atoms with van der Waals surface area (Å²) in [6.45, 7) is 2.93. The Balaban J connectivity index is 1.24. The summed E-state index contributed by atoms with van der Waals surface area (Å²) in [5.41, 5.74) is 4.20. The number of para-hydroxylation sites is 2. The van der Waals surface area contributed by atoms with Crippen molar-refractivity contribution in [3.8, 4) is 5.75 Å². The summed E-state index contributed by atoms with van der Waals surface area (Å²) in [5.74, 6) is -1.23. The highest BCUT2D eigenvalue weighted by molar-refractivity contribution is 8.14. The van der Waals surface area contributed by atoms with Gasteiger partial charge < -0.3 is 14.6 Å². The molecule has 5 aromatic rings. The van der Waals surface area contributed by atoms with Gasteiger partial charge in [0.1, 0.15) is 11.4 Å². The molecule has 0 spiro atoms. The number of anilines is 2. The fourth-order valence-electron chi connectivity index (χ4n) is 5.12. The van der Waals surface area contributed by atoms with Crippen LogP contribution in [0.1, 0.15) is 12.5 Å². The van der Waals surface area contributed by atoms with E-state index in [2.05, 4.69) is 44.7 Å². The van der Waals surface area contributed by atoms with Crippen molar-refractivity contribution < 1.29 is 27.5 Å². The number of ether oxygens (including phenoxy) is 1. The summed E-state index contributed by atoms with van der Waals surface area (Å²) in [5, 5.41) is 5.18. The number of amides is 2. The summed E-state index contributed by atoms with van der Waals surface area (Å²) in [7, 11) is 0. The van der Waals surface area contributed by atoms with Crippen molar-refractivity contribution in [2.75, 3.05) is 16.0 Å². The van der Waals surface area contributed by atoms with Crippen molar-refractivity contribution in [2.24, 2.45) is 4.99 Å². The molecule has 7 nitrogen and oxygen atoms in total. The number of benzene rings is 4. The maximum absolute atomic E-state index is 13.6. The third kappa shape index (κ3) is 6.04. The predicted octanol–water partition coefficient (Wildman–Crippen LogP) is 7.83. The largest absolute Gasteiger partial charge is 0.573 e. The van der Waals surface area contributed by atoms with Crippen LogP contribution < -0.4 is 15.0 Å². The predicted molar refractivity (Wildman–Crippen MR) is 169 cm³/mol. The lowest BCUT2D eigenvalue weighted by Crippen LogP contribution is -2.31. The first-order valence-electron chi connectivity index (χ1n) is 13.7. The van der Waals surface area contributed by atoms with E-state index in [-0.39, 0.29) is 17.4 Å². The van der Waals surface area contributed by atoms with E-state index in [1.807, 2.05) is 42.5 Å². The van der Waals surface area contributed by atoms with Crippen LogP contribution in [0, 0.1) is 0 Å². The van der Waals surface area contributed by atoms with E-state index in [9.17, 15) is 22.8 Å². The number of fused-ring (bicyclic) bond motifs is 3. The molecule has 222 valence electrons. The van der Waals surface area contributed by atoms with Gasteiger partial charge in [-0.25, -0.2) is 4.99 Å². The lowest BCUT2D eigenvalue weighted by molar-refractivity contribution is -0.274. The number of hydrogen-bond donors (Lipinski definition) is 1. The zero-order valence-corrected chi connectivity index (χ0v) is 24.2. The number of carbonyl (C=O) groups is 2. The first-order chi connectivity index (χ1) is 21.2. The minimum Gasteiger partial charge on any atom is -0.406 e. The van der Waals surface area contributed by atoms with E-state index in [0.717, 1.165) is 57.8 Å². The minimum absolute atomic E-state index is 0.0913. The normalized spacial score (nSPS) is 14.5. The van der Waals surface area contributed by atoms with Crippen molar-refractivity contribution in [1.82, 2.24) is 4.57 Å². The van der Waals surface area contributed by atoms with E-state index in [4.69, 9.17) is 0 Å². The highest BCUT2D eigenvalue weighted by Crippen LogP contribution is 2.33. The van der Waals surface area contributed by atoms with E-state index in [1.54, 1.807) is 18.2 Å². The van der Waals surface area contributed by atoms with Gasteiger partial charge in [-0.05, 0) is 73.2 Å². The van der Waals surface area contributed by atoms with Crippen LogP contribution in [0.15, 0.2) is 108 Å². The second kappa shape index (κ2) is 11.9. The molecule has 0 aliphatic carbocycles. The van der Waals surface area contributed by atoms with E-state index >= 15 is 0 Å². The average Bonchev–Trinajstić information content (AvgIpc) is 3.50. The maximum Gasteiger partial charge on any atom is 0.573 e. The van der Waals surface area contributed by atoms with Gasteiger partial charge in [0, 0.05) is 34.0 Å². The topological polar surface area (TPSA) is 75.9 Å². The highest BCUT2D eigenvalue weighted by Gasteiger charge is 2.33. The second-order valence-corrected chi connectivity index (χ2v) is 10.8. The molecule has 0 saturated carbocycles. The standard InChI is InChI=1S/C33H25F3N4O3S/c1-2-39-28-11-7-6-10-25(28)26-18-21(12-17-29(26)39)19-27-31(42)40(23-8-4-3-5-9-23)32(38-27)44-20-30(41)37-22-13-15-24(16-14-22)43-33(34,35)36/h3-19H,2,20H2,1H3,(H,37,41)/b27-19+. The third-order valence-corrected chi connectivity index (χ3v) is 7.90. The van der Waals surface area contributed by atoms with Gasteiger partial charge in [0.15, 0.2) is 5.17 Å². The fraction of sp³-hybridized carbons (Fsp3) is 0.121. The Labute approximate surface area is 254 Å². The number of aliphatic imine (C=N–C) groups is 1. The number of alkyl halides is 3. The number of hydrogen-bond acceptors (Lipinski definition) is 5. The zero-order chi connectivity index (χ0) is 30.8. The lowest BCUT2D eigenvalue weighted by Gasteiger charge is -2.17. The van der Waals surface area contributed by atoms with Crippen molar-refractivity contribution in [1.29, 1.82) is 0 Å². The minimum atomic E-state index is -4.80. The molecule has 44 heavy (non-hydrogen) atoms. The zero-order valence-electron chi connectivity index (χ0n) is 23.3. The van der Waals surface area contributed by atoms with Gasteiger partial charge in [0.2, 0.25) is 5.91 Å². The number of nitrogens with one attached hydrogen (secondary N) is 1. The van der Waals surface area contributed by atoms with Gasteiger partial charge in [-0.1, -0.05) is 54.2 Å². The van der Waals surface area contributed by atoms with Gasteiger partial charge in [-0.15, -0.1) is 13.2 Å². The molecule has 2 heterocycles. The molecule has 2 amide bonds. The number of carbonyl (C=O) groups excluding carboxylic acids is 2. The van der Waals surface area contributed by atoms with Crippen LogP contribution in [-0.4, -0.2) is 33.7 Å². The van der Waals surface area contributed by atoms with Crippen molar-refractivity contribution in [3.63, 3.8) is 0 Å². The summed E-state index contributed by atoms with van der Waals surface area (Å²) in [6.07, 6.45) is -3.06. The summed E-state index contributed by atoms with van der Waals surface area (Å²) < 4.78 is 43.4. The second-order valence-electron chi connectivity index (χ2n) is 9.85. The summed E-state index contributed by atoms with van der Waals surface area (Å²) >= 11 is 1.08. The number of rotatable bonds is 7. The van der Waals surface area contributed by atoms with Crippen LogP contribution in [-0.2, 0) is 16.1 Å². The molecule has 6 rings (SSSR count). The number of thioether (sulfide) groups is 1. The molecule has 0 saturated heterocycles. The molecule has 0 fully saturated rings. The monoisotopic (exact) mass is 614 g/mol. The quantitative estimate of drug-likeness (QED) is 0.190. The highest BCUT2D eigenvalue weighted by atomic mass is 32.2. The van der Waals surface area contributed by atoms with Crippen LogP contribution in [0.25, 0.3) is 27.9 Å². The van der Waals surface area contributed by atoms with E-state index < -0.39 is 18.0 Å². The van der Waals surface area contributed by atoms with Crippen LogP contribution >= 0.6 is 11.8 Å². The Hall–Kier alpha value is -5.03. The van der Waals surface area contributed by atoms with Crippen molar-refractivity contribution >= 4 is 68.0 Å². The Morgan fingerprint density at radius 1 is 0.932 bits per heavy atom. The number of aryl methyl sites for hydroxylation is 1. The molecule has 0 radical (unpaired) electrons. The van der Waals surface area contributed by atoms with E-state index in [0.29, 0.717) is 16.5 Å². The molecule has 1 aliphatic rings. The van der Waals surface area contributed by atoms with Crippen molar-refractivity contribution in [3.05, 3.63) is 108 Å². The summed E-state index contributed by atoms with van der Waals surface area (Å²) in [6, 6.07) is 28.1. The van der Waals surface area contributed by atoms with Gasteiger partial charge >= 0.3 is 6.36 Å². The van der Waals surface area contributed by atoms with Crippen molar-refractivity contribution in [2.45, 2.75) is 19.8 Å². The van der Waals surface area contributed by atoms with Crippen LogP contribution in [0.5, 0.6) is 5.75 Å². The maximum atomic E-state index is 13.6.